The smallest absolute Gasteiger partial charge is 0.416 e. The number of methoxy groups -OCH3 is 1. The number of allylic oxidation sites excluding steroid dienone is 2. The second-order valence-electron chi connectivity index (χ2n) is 13.5. The first-order valence-electron chi connectivity index (χ1n) is 18.7. The van der Waals surface area contributed by atoms with Crippen LogP contribution in [0.1, 0.15) is 102 Å². The first kappa shape index (κ1) is 47.2. The van der Waals surface area contributed by atoms with Crippen molar-refractivity contribution in [2.24, 2.45) is 0 Å². The Labute approximate surface area is 331 Å². The molecule has 302 valence electrons. The Morgan fingerprint density at radius 3 is 2.07 bits per heavy atom. The molecule has 13 heteroatoms. The zero-order valence-corrected chi connectivity index (χ0v) is 34.9. The summed E-state index contributed by atoms with van der Waals surface area (Å²) in [6.45, 7) is 12.6. The van der Waals surface area contributed by atoms with Crippen LogP contribution < -0.4 is 4.74 Å². The number of aliphatic hydroxyl groups is 1. The highest BCUT2D eigenvalue weighted by Crippen LogP contribution is 2.50. The molecule has 3 unspecified atom stereocenters. The lowest BCUT2D eigenvalue weighted by Gasteiger charge is -2.37. The molecule has 0 aliphatic carbocycles. The van der Waals surface area contributed by atoms with Gasteiger partial charge in [0, 0.05) is 36.6 Å². The number of nitrogens with zero attached hydrogens (tertiary/aromatic N) is 4. The van der Waals surface area contributed by atoms with Crippen LogP contribution in [0.3, 0.4) is 0 Å². The fraction of sp³-hybridized carbons (Fsp3) is 0.561. The minimum atomic E-state index is -4.54. The zero-order chi connectivity index (χ0) is 40.4. The number of carbonyl (C=O) groups excluding carboxylic acids is 2. The Hall–Kier alpha value is -2.97. The molecule has 4 rings (SSSR count). The summed E-state index contributed by atoms with van der Waals surface area (Å²) in [6.07, 6.45) is 8.66. The van der Waals surface area contributed by atoms with E-state index in [0.29, 0.717) is 25.1 Å². The molecule has 8 nitrogen and oxygen atoms in total. The maximum absolute atomic E-state index is 14.6. The summed E-state index contributed by atoms with van der Waals surface area (Å²) in [5.74, 6) is 0.226. The van der Waals surface area contributed by atoms with Crippen molar-refractivity contribution in [2.45, 2.75) is 102 Å². The van der Waals surface area contributed by atoms with Crippen LogP contribution in [-0.2, 0) is 11.0 Å². The van der Waals surface area contributed by atoms with E-state index >= 15 is 0 Å². The molecular weight excluding hydrogens is 734 g/mol. The third-order valence-electron chi connectivity index (χ3n) is 9.19. The SMILES string of the molecule is C/C=C(\C/C=C\CO)C1C(c2ccc(S)cc2)N(C)C(c2ccc(C(F)(F)F)cc2OC)N1C(=O)N(CCC)CCC.CC(C)=O.CSN1CCCCC1. The number of amides is 2. The van der Waals surface area contributed by atoms with E-state index in [4.69, 9.17) is 4.74 Å². The minimum Gasteiger partial charge on any atom is -0.496 e. The number of ether oxygens (including phenoxy) is 1. The molecule has 2 saturated heterocycles. The summed E-state index contributed by atoms with van der Waals surface area (Å²) in [4.78, 5) is 30.5. The standard InChI is InChI=1S/C32H42F3N3O3S.C6H13NS.C3H6O/c1-6-18-37(19-7-2)31(40)38-29(22(8-3)11-9-10-20-39)28(23-12-15-25(42)16-13-23)36(4)30(38)26-17-14-24(32(33,34)35)21-27(26)41-5;1-8-7-5-3-2-4-6-7;1-3(2)4/h8-10,12-17,21,28-30,39,42H,6-7,11,18-20H2,1-5H3;2-6H2,1H3;1-2H3/b10-9-,22-8+;;. The number of aliphatic hydroxyl groups excluding tert-OH is 1. The molecule has 3 atom stereocenters. The first-order valence-corrected chi connectivity index (χ1v) is 20.3. The highest BCUT2D eigenvalue weighted by molar-refractivity contribution is 7.96. The van der Waals surface area contributed by atoms with E-state index < -0.39 is 23.9 Å². The van der Waals surface area contributed by atoms with Crippen molar-refractivity contribution in [3.63, 3.8) is 0 Å². The highest BCUT2D eigenvalue weighted by atomic mass is 32.2. The molecule has 54 heavy (non-hydrogen) atoms. The molecule has 0 aromatic heterocycles. The number of benzene rings is 2. The van der Waals surface area contributed by atoms with Gasteiger partial charge in [0.1, 0.15) is 17.7 Å². The van der Waals surface area contributed by atoms with Gasteiger partial charge in [-0.05, 0) is 102 Å². The fourth-order valence-corrected chi connectivity index (χ4v) is 7.57. The molecule has 2 heterocycles. The Kier molecular flexibility index (Phi) is 20.8. The van der Waals surface area contributed by atoms with Gasteiger partial charge in [-0.15, -0.1) is 12.6 Å². The van der Waals surface area contributed by atoms with Crippen LogP contribution >= 0.6 is 24.6 Å². The minimum absolute atomic E-state index is 0.0596. The molecule has 0 spiro atoms. The van der Waals surface area contributed by atoms with Gasteiger partial charge in [-0.1, -0.05) is 68.6 Å². The molecule has 0 bridgehead atoms. The molecule has 2 aliphatic rings. The van der Waals surface area contributed by atoms with Crippen molar-refractivity contribution in [1.29, 1.82) is 0 Å². The van der Waals surface area contributed by atoms with Crippen molar-refractivity contribution in [3.05, 3.63) is 83.0 Å². The third-order valence-corrected chi connectivity index (χ3v) is 10.4. The Bertz CT molecular complexity index is 1490. The van der Waals surface area contributed by atoms with Gasteiger partial charge in [-0.3, -0.25) is 14.1 Å². The first-order chi connectivity index (χ1) is 25.7. The Morgan fingerprint density at radius 2 is 1.61 bits per heavy atom. The topological polar surface area (TPSA) is 76.6 Å². The van der Waals surface area contributed by atoms with Crippen molar-refractivity contribution < 1.29 is 32.6 Å². The number of piperidine rings is 1. The molecule has 0 saturated carbocycles. The number of carbonyl (C=O) groups is 2. The largest absolute Gasteiger partial charge is 0.496 e. The highest BCUT2D eigenvalue weighted by Gasteiger charge is 2.51. The number of rotatable bonds is 12. The lowest BCUT2D eigenvalue weighted by atomic mass is 9.91. The van der Waals surface area contributed by atoms with Crippen LogP contribution in [0.25, 0.3) is 0 Å². The number of Topliss-reactive ketones (excluding diaryl/α,β-unsaturated/α-hetero) is 1. The van der Waals surface area contributed by atoms with E-state index in [1.165, 1.54) is 59.4 Å². The van der Waals surface area contributed by atoms with E-state index in [9.17, 15) is 27.9 Å². The summed E-state index contributed by atoms with van der Waals surface area (Å²) >= 11 is 6.33. The summed E-state index contributed by atoms with van der Waals surface area (Å²) in [6, 6.07) is 10.2. The molecule has 2 aromatic rings. The van der Waals surface area contributed by atoms with Crippen LogP contribution in [0.5, 0.6) is 5.75 Å². The van der Waals surface area contributed by atoms with Crippen molar-refractivity contribution in [3.8, 4) is 5.75 Å². The van der Waals surface area contributed by atoms with Gasteiger partial charge in [0.15, 0.2) is 0 Å². The van der Waals surface area contributed by atoms with Gasteiger partial charge in [0.25, 0.3) is 0 Å². The summed E-state index contributed by atoms with van der Waals surface area (Å²) < 4.78 is 49.0. The second kappa shape index (κ2) is 23.8. The lowest BCUT2D eigenvalue weighted by molar-refractivity contribution is -0.137. The number of halogens is 3. The second-order valence-corrected chi connectivity index (χ2v) is 14.9. The van der Waals surface area contributed by atoms with E-state index in [-0.39, 0.29) is 30.2 Å². The lowest BCUT2D eigenvalue weighted by Crippen LogP contribution is -2.48. The van der Waals surface area contributed by atoms with Gasteiger partial charge in [0.05, 0.1) is 31.4 Å². The number of hydrogen-bond donors (Lipinski definition) is 2. The third kappa shape index (κ3) is 13.6. The number of likely N-dealkylation sites (N-methyl/N-ethyl adjacent to an activating group) is 1. The molecular formula is C41H61F3N4O4S2. The average molecular weight is 795 g/mol. The average Bonchev–Trinajstić information content (AvgIpc) is 3.44. The fourth-order valence-electron chi connectivity index (χ4n) is 6.80. The van der Waals surface area contributed by atoms with Crippen LogP contribution in [0.15, 0.2) is 71.2 Å². The van der Waals surface area contributed by atoms with E-state index in [2.05, 4.69) is 23.2 Å². The number of thiol groups is 1. The monoisotopic (exact) mass is 794 g/mol. The van der Waals surface area contributed by atoms with Crippen molar-refractivity contribution in [2.75, 3.05) is 53.2 Å². The molecule has 1 N–H and O–H groups in total. The number of urea groups is 1. The van der Waals surface area contributed by atoms with E-state index in [0.717, 1.165) is 41.0 Å². The molecule has 0 radical (unpaired) electrons. The van der Waals surface area contributed by atoms with Gasteiger partial charge in [0.2, 0.25) is 0 Å². The van der Waals surface area contributed by atoms with Crippen LogP contribution in [-0.4, -0.2) is 95.2 Å². The molecule has 2 amide bonds. The van der Waals surface area contributed by atoms with E-state index in [1.807, 2.05) is 86.0 Å². The predicted molar refractivity (Wildman–Crippen MR) is 218 cm³/mol. The Morgan fingerprint density at radius 1 is 1.02 bits per heavy atom. The number of alkyl halides is 3. The quantitative estimate of drug-likeness (QED) is 0.126. The van der Waals surface area contributed by atoms with Gasteiger partial charge < -0.3 is 19.5 Å². The van der Waals surface area contributed by atoms with Crippen molar-refractivity contribution >= 4 is 36.4 Å². The van der Waals surface area contributed by atoms with Crippen LogP contribution in [0, 0.1) is 0 Å². The maximum atomic E-state index is 14.6. The summed E-state index contributed by atoms with van der Waals surface area (Å²) in [5.41, 5.74) is 1.53. The van der Waals surface area contributed by atoms with E-state index in [1.54, 1.807) is 11.0 Å². The molecule has 2 aromatic carbocycles. The molecule has 2 aliphatic heterocycles. The van der Waals surface area contributed by atoms with Crippen LogP contribution in [0.2, 0.25) is 0 Å². The molecule has 2 fully saturated rings. The van der Waals surface area contributed by atoms with Gasteiger partial charge in [-0.2, -0.15) is 13.2 Å². The summed E-state index contributed by atoms with van der Waals surface area (Å²) in [5, 5.41) is 9.39. The number of hydrogen-bond acceptors (Lipinski definition) is 8. The number of ketones is 1. The predicted octanol–water partition coefficient (Wildman–Crippen LogP) is 9.83. The Balaban J connectivity index is 0.000000715. The van der Waals surface area contributed by atoms with Gasteiger partial charge in [-0.25, -0.2) is 4.79 Å². The van der Waals surface area contributed by atoms with Gasteiger partial charge >= 0.3 is 12.2 Å². The normalized spacial score (nSPS) is 19.5. The van der Waals surface area contributed by atoms with Crippen molar-refractivity contribution in [1.82, 2.24) is 19.0 Å². The maximum Gasteiger partial charge on any atom is 0.416 e. The summed E-state index contributed by atoms with van der Waals surface area (Å²) in [7, 11) is 3.24. The van der Waals surface area contributed by atoms with Crippen LogP contribution in [0.4, 0.5) is 18.0 Å². The zero-order valence-electron chi connectivity index (χ0n) is 33.2.